The smallest absolute Gasteiger partial charge is 0.229 e. The van der Waals surface area contributed by atoms with Crippen LogP contribution in [0.3, 0.4) is 0 Å². The maximum Gasteiger partial charge on any atom is 0.229 e. The van der Waals surface area contributed by atoms with Crippen molar-refractivity contribution in [2.45, 2.75) is 13.0 Å². The van der Waals surface area contributed by atoms with Gasteiger partial charge in [0.2, 0.25) is 7.37 Å². The van der Waals surface area contributed by atoms with Crippen LogP contribution in [0, 0.1) is 0 Å². The van der Waals surface area contributed by atoms with E-state index in [-0.39, 0.29) is 18.4 Å². The molecule has 0 aliphatic carbocycles. The van der Waals surface area contributed by atoms with Gasteiger partial charge in [-0.1, -0.05) is 42.5 Å². The number of halogens is 1. The van der Waals surface area contributed by atoms with E-state index in [0.29, 0.717) is 6.61 Å². The zero-order chi connectivity index (χ0) is 14.6. The first-order valence-electron chi connectivity index (χ1n) is 6.67. The maximum absolute atomic E-state index is 12.3. The summed E-state index contributed by atoms with van der Waals surface area (Å²) in [5, 5.41) is 0.725. The molecule has 0 amide bonds. The van der Waals surface area contributed by atoms with Gasteiger partial charge >= 0.3 is 0 Å². The van der Waals surface area contributed by atoms with Crippen LogP contribution in [0.4, 0.5) is 0 Å². The lowest BCUT2D eigenvalue weighted by molar-refractivity contribution is 0.345. The van der Waals surface area contributed by atoms with E-state index in [2.05, 4.69) is 0 Å². The summed E-state index contributed by atoms with van der Waals surface area (Å²) in [7, 11) is -2.71. The fraction of sp³-hybridized carbons (Fsp3) is 0.250. The van der Waals surface area contributed by atoms with Gasteiger partial charge in [0.15, 0.2) is 0 Å². The first-order valence-corrected chi connectivity index (χ1v) is 8.75. The highest BCUT2D eigenvalue weighted by Gasteiger charge is 2.18. The number of hydrogen-bond donors (Lipinski definition) is 1. The van der Waals surface area contributed by atoms with E-state index in [9.17, 15) is 4.57 Å². The summed E-state index contributed by atoms with van der Waals surface area (Å²) in [5.74, 6) is 0. The van der Waals surface area contributed by atoms with Crippen LogP contribution in [-0.2, 0) is 9.09 Å². The number of nitrogens with two attached hydrogens (primary N) is 1. The van der Waals surface area contributed by atoms with Gasteiger partial charge in [0.25, 0.3) is 0 Å². The molecule has 2 N–H and O–H groups in total. The molecule has 2 rings (SSSR count). The van der Waals surface area contributed by atoms with Crippen molar-refractivity contribution in [2.75, 3.05) is 13.3 Å². The summed E-state index contributed by atoms with van der Waals surface area (Å²) in [4.78, 5) is 0. The van der Waals surface area contributed by atoms with E-state index in [1.807, 2.05) is 61.5 Å². The second-order valence-electron chi connectivity index (χ2n) is 4.74. The Morgan fingerprint density at radius 3 is 2.10 bits per heavy atom. The molecule has 1 unspecified atom stereocenters. The Hall–Kier alpha value is -1.12. The van der Waals surface area contributed by atoms with Crippen molar-refractivity contribution in [1.82, 2.24) is 0 Å². The Bertz CT molecular complexity index is 601. The first kappa shape index (κ1) is 17.9. The molecule has 0 heterocycles. The molecule has 0 radical (unpaired) electrons. The van der Waals surface area contributed by atoms with E-state index >= 15 is 0 Å². The largest absolute Gasteiger partial charge is 0.326 e. The highest BCUT2D eigenvalue weighted by molar-refractivity contribution is 7.66. The molecule has 0 saturated carbocycles. The summed E-state index contributed by atoms with van der Waals surface area (Å²) in [6.07, 6.45) is 0. The third-order valence-electron chi connectivity index (χ3n) is 3.26. The average Bonchev–Trinajstić information content (AvgIpc) is 2.47. The van der Waals surface area contributed by atoms with E-state index in [1.165, 1.54) is 0 Å². The molecule has 2 aromatic rings. The molecule has 21 heavy (non-hydrogen) atoms. The van der Waals surface area contributed by atoms with Crippen LogP contribution in [0.2, 0.25) is 0 Å². The third kappa shape index (κ3) is 4.42. The Morgan fingerprint density at radius 1 is 1.05 bits per heavy atom. The first-order chi connectivity index (χ1) is 9.54. The predicted octanol–water partition coefficient (Wildman–Crippen LogP) is 3.73. The van der Waals surface area contributed by atoms with Crippen molar-refractivity contribution in [3.8, 4) is 0 Å². The van der Waals surface area contributed by atoms with Gasteiger partial charge in [0.1, 0.15) is 0 Å². The van der Waals surface area contributed by atoms with Crippen LogP contribution >= 0.6 is 19.8 Å². The zero-order valence-corrected chi connectivity index (χ0v) is 13.9. The van der Waals surface area contributed by atoms with Gasteiger partial charge in [0.05, 0.1) is 12.6 Å². The van der Waals surface area contributed by atoms with E-state index < -0.39 is 7.37 Å². The van der Waals surface area contributed by atoms with Crippen LogP contribution in [0.5, 0.6) is 0 Å². The van der Waals surface area contributed by atoms with Gasteiger partial charge in [-0.3, -0.25) is 4.57 Å². The molecule has 3 nitrogen and oxygen atoms in total. The normalized spacial score (nSPS) is 14.8. The monoisotopic (exact) mass is 325 g/mol. The SMILES string of the molecule is CCOP(C)(=O)c1ccc([C@H](N)c2ccccc2)cc1.Cl. The summed E-state index contributed by atoms with van der Waals surface area (Å²) in [6, 6.07) is 17.3. The fourth-order valence-corrected chi connectivity index (χ4v) is 3.46. The molecular weight excluding hydrogens is 305 g/mol. The van der Waals surface area contributed by atoms with Gasteiger partial charge < -0.3 is 10.3 Å². The topological polar surface area (TPSA) is 52.3 Å². The van der Waals surface area contributed by atoms with Crippen LogP contribution in [-0.4, -0.2) is 13.3 Å². The van der Waals surface area contributed by atoms with Crippen molar-refractivity contribution >= 4 is 25.1 Å². The molecule has 0 bridgehead atoms. The Labute approximate surface area is 132 Å². The highest BCUT2D eigenvalue weighted by atomic mass is 35.5. The molecular formula is C16H21ClNO2P. The van der Waals surface area contributed by atoms with Gasteiger partial charge in [0, 0.05) is 12.0 Å². The molecule has 2 aromatic carbocycles. The van der Waals surface area contributed by atoms with E-state index in [0.717, 1.165) is 16.4 Å². The molecule has 0 aliphatic rings. The number of hydrogen-bond acceptors (Lipinski definition) is 3. The summed E-state index contributed by atoms with van der Waals surface area (Å²) in [6.45, 7) is 3.93. The molecule has 0 saturated heterocycles. The highest BCUT2D eigenvalue weighted by Crippen LogP contribution is 2.41. The van der Waals surface area contributed by atoms with Crippen molar-refractivity contribution in [3.63, 3.8) is 0 Å². The maximum atomic E-state index is 12.3. The van der Waals surface area contributed by atoms with Crippen LogP contribution in [0.1, 0.15) is 24.1 Å². The molecule has 0 fully saturated rings. The molecule has 114 valence electrons. The fourth-order valence-electron chi connectivity index (χ4n) is 2.13. The summed E-state index contributed by atoms with van der Waals surface area (Å²) < 4.78 is 17.6. The second-order valence-corrected chi connectivity index (χ2v) is 7.21. The standard InChI is InChI=1S/C16H20NO2P.ClH/c1-3-19-20(2,18)15-11-9-14(10-12-15)16(17)13-7-5-4-6-8-13;/h4-12,16H,3,17H2,1-2H3;1H/t16-,20?;/m1./s1. The van der Waals surface area contributed by atoms with Gasteiger partial charge in [-0.15, -0.1) is 12.4 Å². The average molecular weight is 326 g/mol. The van der Waals surface area contributed by atoms with Crippen LogP contribution in [0.15, 0.2) is 54.6 Å². The second kappa shape index (κ2) is 7.77. The minimum atomic E-state index is -2.71. The van der Waals surface area contributed by atoms with Crippen molar-refractivity contribution in [1.29, 1.82) is 0 Å². The quantitative estimate of drug-likeness (QED) is 0.852. The lowest BCUT2D eigenvalue weighted by Gasteiger charge is -2.16. The number of benzene rings is 2. The lowest BCUT2D eigenvalue weighted by atomic mass is 10.00. The van der Waals surface area contributed by atoms with Crippen LogP contribution < -0.4 is 11.0 Å². The Balaban J connectivity index is 0.00000220. The van der Waals surface area contributed by atoms with Gasteiger partial charge in [-0.2, -0.15) is 0 Å². The van der Waals surface area contributed by atoms with Crippen molar-refractivity contribution in [3.05, 3.63) is 65.7 Å². The molecule has 2 atom stereocenters. The van der Waals surface area contributed by atoms with Gasteiger partial charge in [-0.25, -0.2) is 0 Å². The van der Waals surface area contributed by atoms with E-state index in [4.69, 9.17) is 10.3 Å². The summed E-state index contributed by atoms with van der Waals surface area (Å²) >= 11 is 0. The third-order valence-corrected chi connectivity index (χ3v) is 5.24. The lowest BCUT2D eigenvalue weighted by Crippen LogP contribution is -2.13. The van der Waals surface area contributed by atoms with Crippen molar-refractivity contribution in [2.24, 2.45) is 5.73 Å². The Morgan fingerprint density at radius 2 is 1.57 bits per heavy atom. The minimum Gasteiger partial charge on any atom is -0.326 e. The minimum absolute atomic E-state index is 0. The van der Waals surface area contributed by atoms with Crippen LogP contribution in [0.25, 0.3) is 0 Å². The molecule has 0 spiro atoms. The molecule has 0 aromatic heterocycles. The Kier molecular flexibility index (Phi) is 6.63. The predicted molar refractivity (Wildman–Crippen MR) is 91.0 cm³/mol. The van der Waals surface area contributed by atoms with E-state index in [1.54, 1.807) is 6.66 Å². The molecule has 0 aliphatic heterocycles. The molecule has 5 heteroatoms. The zero-order valence-electron chi connectivity index (χ0n) is 12.2. The summed E-state index contributed by atoms with van der Waals surface area (Å²) in [5.41, 5.74) is 8.29. The number of rotatable bonds is 5. The van der Waals surface area contributed by atoms with Gasteiger partial charge in [-0.05, 0) is 30.2 Å². The van der Waals surface area contributed by atoms with Crippen molar-refractivity contribution < 1.29 is 9.09 Å².